The van der Waals surface area contributed by atoms with Crippen LogP contribution in [0.1, 0.15) is 25.7 Å². The third kappa shape index (κ3) is 2.80. The van der Waals surface area contributed by atoms with Gasteiger partial charge in [0, 0.05) is 7.05 Å². The van der Waals surface area contributed by atoms with Gasteiger partial charge in [-0.05, 0) is 40.9 Å². The van der Waals surface area contributed by atoms with Crippen molar-refractivity contribution < 1.29 is 13.5 Å². The third-order valence-corrected chi connectivity index (χ3v) is 7.32. The molecule has 0 aliphatic heterocycles. The van der Waals surface area contributed by atoms with E-state index in [1.54, 1.807) is 19.2 Å². The number of sulfonamides is 1. The minimum absolute atomic E-state index is 0.301. The van der Waals surface area contributed by atoms with Crippen molar-refractivity contribution in [2.24, 2.45) is 0 Å². The second kappa shape index (κ2) is 5.58. The number of likely N-dealkylation sites (N-methyl/N-ethyl adjacent to an activating group) is 1. The number of aliphatic hydroxyl groups excluding tert-OH is 1. The summed E-state index contributed by atoms with van der Waals surface area (Å²) in [7, 11) is -1.93. The Morgan fingerprint density at radius 1 is 1.39 bits per heavy atom. The van der Waals surface area contributed by atoms with E-state index >= 15 is 0 Å². The zero-order valence-electron chi connectivity index (χ0n) is 10.0. The molecule has 0 amide bonds. The van der Waals surface area contributed by atoms with Gasteiger partial charge in [0.2, 0.25) is 0 Å². The van der Waals surface area contributed by atoms with E-state index < -0.39 is 16.1 Å². The van der Waals surface area contributed by atoms with E-state index in [9.17, 15) is 13.5 Å². The van der Waals surface area contributed by atoms with Crippen molar-refractivity contribution in [2.75, 3.05) is 7.05 Å². The molecule has 0 aromatic carbocycles. The molecule has 4 nitrogen and oxygen atoms in total. The van der Waals surface area contributed by atoms with E-state index in [1.165, 1.54) is 15.6 Å². The molecule has 1 aromatic rings. The summed E-state index contributed by atoms with van der Waals surface area (Å²) >= 11 is 4.46. The summed E-state index contributed by atoms with van der Waals surface area (Å²) in [5.74, 6) is 0. The van der Waals surface area contributed by atoms with Crippen molar-refractivity contribution in [3.63, 3.8) is 0 Å². The summed E-state index contributed by atoms with van der Waals surface area (Å²) in [6.07, 6.45) is 2.79. The van der Waals surface area contributed by atoms with Gasteiger partial charge in [-0.2, -0.15) is 4.31 Å². The van der Waals surface area contributed by atoms with E-state index in [0.717, 1.165) is 23.0 Å². The monoisotopic (exact) mass is 353 g/mol. The molecule has 2 unspecified atom stereocenters. The molecule has 1 heterocycles. The minimum Gasteiger partial charge on any atom is -0.391 e. The van der Waals surface area contributed by atoms with Gasteiger partial charge in [0.05, 0.1) is 15.9 Å². The van der Waals surface area contributed by atoms with Crippen molar-refractivity contribution in [3.8, 4) is 0 Å². The first-order valence-corrected chi connectivity index (χ1v) is 8.89. The molecule has 1 saturated carbocycles. The number of hydrogen-bond acceptors (Lipinski definition) is 4. The average molecular weight is 354 g/mol. The van der Waals surface area contributed by atoms with Crippen LogP contribution in [0.4, 0.5) is 0 Å². The lowest BCUT2D eigenvalue weighted by molar-refractivity contribution is 0.0638. The molecular weight excluding hydrogens is 338 g/mol. The molecule has 0 bridgehead atoms. The minimum atomic E-state index is -3.49. The normalized spacial score (nSPS) is 25.6. The Balaban J connectivity index is 2.24. The number of thiophene rings is 1. The van der Waals surface area contributed by atoms with Gasteiger partial charge in [0.25, 0.3) is 10.0 Å². The summed E-state index contributed by atoms with van der Waals surface area (Å²) in [5.41, 5.74) is 0. The van der Waals surface area contributed by atoms with Gasteiger partial charge in [0.1, 0.15) is 4.21 Å². The smallest absolute Gasteiger partial charge is 0.252 e. The van der Waals surface area contributed by atoms with Crippen LogP contribution < -0.4 is 0 Å². The Hall–Kier alpha value is 0.0500. The van der Waals surface area contributed by atoms with E-state index in [-0.39, 0.29) is 6.04 Å². The lowest BCUT2D eigenvalue weighted by Gasteiger charge is -2.34. The molecule has 1 fully saturated rings. The second-order valence-corrected chi connectivity index (χ2v) is 9.19. The molecule has 0 spiro atoms. The van der Waals surface area contributed by atoms with E-state index in [4.69, 9.17) is 0 Å². The number of rotatable bonds is 3. The molecule has 1 aliphatic carbocycles. The quantitative estimate of drug-likeness (QED) is 0.907. The van der Waals surface area contributed by atoms with Gasteiger partial charge in [-0.15, -0.1) is 11.3 Å². The van der Waals surface area contributed by atoms with Gasteiger partial charge in [0.15, 0.2) is 0 Å². The summed E-state index contributed by atoms with van der Waals surface area (Å²) in [6.45, 7) is 0. The summed E-state index contributed by atoms with van der Waals surface area (Å²) in [6, 6.07) is 3.02. The van der Waals surface area contributed by atoms with Gasteiger partial charge < -0.3 is 5.11 Å². The van der Waals surface area contributed by atoms with Crippen LogP contribution in [0.25, 0.3) is 0 Å². The van der Waals surface area contributed by atoms with Gasteiger partial charge in [-0.3, -0.25) is 0 Å². The zero-order valence-corrected chi connectivity index (χ0v) is 13.3. The van der Waals surface area contributed by atoms with Crippen LogP contribution >= 0.6 is 27.3 Å². The van der Waals surface area contributed by atoms with Gasteiger partial charge in [-0.1, -0.05) is 12.8 Å². The Kier molecular flexibility index (Phi) is 4.48. The second-order valence-electron chi connectivity index (χ2n) is 4.50. The van der Waals surface area contributed by atoms with Crippen LogP contribution in [-0.4, -0.2) is 37.0 Å². The van der Waals surface area contributed by atoms with Crippen LogP contribution in [0, 0.1) is 0 Å². The molecule has 0 saturated heterocycles. The molecule has 7 heteroatoms. The summed E-state index contributed by atoms with van der Waals surface area (Å²) in [4.78, 5) is 0. The molecule has 1 aliphatic rings. The van der Waals surface area contributed by atoms with E-state index in [0.29, 0.717) is 10.6 Å². The highest BCUT2D eigenvalue weighted by Gasteiger charge is 2.34. The van der Waals surface area contributed by atoms with Gasteiger partial charge >= 0.3 is 0 Å². The number of hydrogen-bond donors (Lipinski definition) is 1. The van der Waals surface area contributed by atoms with E-state index in [2.05, 4.69) is 15.9 Å². The first-order chi connectivity index (χ1) is 8.43. The average Bonchev–Trinajstić information content (AvgIpc) is 2.76. The molecular formula is C11H16BrNO3S2. The molecule has 18 heavy (non-hydrogen) atoms. The fraction of sp³-hybridized carbons (Fsp3) is 0.636. The molecule has 2 atom stereocenters. The molecule has 0 radical (unpaired) electrons. The topological polar surface area (TPSA) is 57.6 Å². The molecule has 102 valence electrons. The first-order valence-electron chi connectivity index (χ1n) is 5.84. The highest BCUT2D eigenvalue weighted by Crippen LogP contribution is 2.31. The van der Waals surface area contributed by atoms with Crippen LogP contribution in [0.5, 0.6) is 0 Å². The third-order valence-electron chi connectivity index (χ3n) is 3.34. The Morgan fingerprint density at radius 3 is 2.61 bits per heavy atom. The predicted octanol–water partition coefficient (Wildman–Crippen LogP) is 2.43. The van der Waals surface area contributed by atoms with Crippen molar-refractivity contribution >= 4 is 37.3 Å². The van der Waals surface area contributed by atoms with Crippen molar-refractivity contribution in [1.82, 2.24) is 4.31 Å². The highest BCUT2D eigenvalue weighted by molar-refractivity contribution is 9.11. The van der Waals surface area contributed by atoms with Crippen LogP contribution in [-0.2, 0) is 10.0 Å². The Bertz CT molecular complexity index is 514. The van der Waals surface area contributed by atoms with Crippen molar-refractivity contribution in [1.29, 1.82) is 0 Å². The van der Waals surface area contributed by atoms with Crippen LogP contribution in [0.2, 0.25) is 0 Å². The molecule has 1 N–H and O–H groups in total. The maximum absolute atomic E-state index is 12.4. The predicted molar refractivity (Wildman–Crippen MR) is 75.2 cm³/mol. The first kappa shape index (κ1) is 14.5. The molecule has 1 aromatic heterocycles. The zero-order chi connectivity index (χ0) is 13.3. The highest BCUT2D eigenvalue weighted by atomic mass is 79.9. The van der Waals surface area contributed by atoms with Crippen molar-refractivity contribution in [2.45, 2.75) is 42.0 Å². The van der Waals surface area contributed by atoms with E-state index in [1.807, 2.05) is 0 Å². The maximum Gasteiger partial charge on any atom is 0.252 e. The Labute approximate surface area is 120 Å². The number of halogens is 1. The maximum atomic E-state index is 12.4. The molecule has 2 rings (SSSR count). The fourth-order valence-corrected chi connectivity index (χ4v) is 5.88. The standard InChI is InChI=1S/C11H16BrNO3S2/c1-13(8-4-2-3-5-9(8)14)18(15,16)11-7-6-10(12)17-11/h6-9,14H,2-5H2,1H3. The van der Waals surface area contributed by atoms with Crippen LogP contribution in [0.15, 0.2) is 20.1 Å². The van der Waals surface area contributed by atoms with Crippen molar-refractivity contribution in [3.05, 3.63) is 15.9 Å². The summed E-state index contributed by atoms with van der Waals surface area (Å²) in [5, 5.41) is 9.94. The lowest BCUT2D eigenvalue weighted by atomic mass is 9.93. The fourth-order valence-electron chi connectivity index (χ4n) is 2.27. The number of aliphatic hydroxyl groups is 1. The number of nitrogens with zero attached hydrogens (tertiary/aromatic N) is 1. The van der Waals surface area contributed by atoms with Gasteiger partial charge in [-0.25, -0.2) is 8.42 Å². The SMILES string of the molecule is CN(C1CCCCC1O)S(=O)(=O)c1ccc(Br)s1. The summed E-state index contributed by atoms with van der Waals surface area (Å²) < 4.78 is 27.2. The lowest BCUT2D eigenvalue weighted by Crippen LogP contribution is -2.45. The van der Waals surface area contributed by atoms with Crippen LogP contribution in [0.3, 0.4) is 0 Å². The Morgan fingerprint density at radius 2 is 2.06 bits per heavy atom. The largest absolute Gasteiger partial charge is 0.391 e.